The summed E-state index contributed by atoms with van der Waals surface area (Å²) < 4.78 is 5.91. The average Bonchev–Trinajstić information content (AvgIpc) is 3.36. The number of anilines is 2. The number of ether oxygens (including phenoxy) is 1. The van der Waals surface area contributed by atoms with Gasteiger partial charge >= 0.3 is 0 Å². The van der Waals surface area contributed by atoms with Crippen molar-refractivity contribution in [2.24, 2.45) is 11.7 Å². The van der Waals surface area contributed by atoms with Crippen LogP contribution in [0.15, 0.2) is 12.3 Å². The van der Waals surface area contributed by atoms with Crippen LogP contribution >= 0.6 is 11.3 Å². The summed E-state index contributed by atoms with van der Waals surface area (Å²) in [6, 6.07) is 1.96. The first-order valence-corrected chi connectivity index (χ1v) is 10.9. The number of tetrazole rings is 1. The Balaban J connectivity index is 1.38. The highest BCUT2D eigenvalue weighted by Crippen LogP contribution is 2.39. The highest BCUT2D eigenvalue weighted by molar-refractivity contribution is 7.21. The van der Waals surface area contributed by atoms with Gasteiger partial charge in [0.15, 0.2) is 5.82 Å². The number of nitrogens with zero attached hydrogens (tertiary/aromatic N) is 6. The number of carbonyl (C=O) groups excluding carboxylic acids is 1. The van der Waals surface area contributed by atoms with Gasteiger partial charge in [0.05, 0.1) is 36.5 Å². The number of rotatable bonds is 8. The van der Waals surface area contributed by atoms with Crippen LogP contribution in [0.5, 0.6) is 0 Å². The van der Waals surface area contributed by atoms with Crippen molar-refractivity contribution in [3.8, 4) is 0 Å². The predicted molar refractivity (Wildman–Crippen MR) is 116 cm³/mol. The molecule has 10 nitrogen and oxygen atoms in total. The summed E-state index contributed by atoms with van der Waals surface area (Å²) in [6.45, 7) is 5.74. The molecule has 4 N–H and O–H groups in total. The Morgan fingerprint density at radius 3 is 3.07 bits per heavy atom. The molecule has 0 saturated carbocycles. The Labute approximate surface area is 178 Å². The van der Waals surface area contributed by atoms with Gasteiger partial charge in [-0.15, -0.1) is 21.5 Å². The van der Waals surface area contributed by atoms with Crippen molar-refractivity contribution in [3.05, 3.63) is 23.0 Å². The molecule has 0 spiro atoms. The number of primary amides is 1. The van der Waals surface area contributed by atoms with Crippen molar-refractivity contribution >= 4 is 38.8 Å². The highest BCUT2D eigenvalue weighted by Gasteiger charge is 2.25. The van der Waals surface area contributed by atoms with Crippen molar-refractivity contribution in [3.63, 3.8) is 0 Å². The molecular weight excluding hydrogens is 404 g/mol. The molecule has 0 aliphatic carbocycles. The third-order valence-corrected chi connectivity index (χ3v) is 6.42. The summed E-state index contributed by atoms with van der Waals surface area (Å²) in [7, 11) is 0. The number of nitrogens with two attached hydrogens (primary N) is 2. The largest absolute Gasteiger partial charge is 0.397 e. The number of pyridine rings is 1. The molecule has 0 unspecified atom stereocenters. The molecule has 1 fully saturated rings. The number of fused-ring (bicyclic) bond motifs is 1. The van der Waals surface area contributed by atoms with E-state index in [1.54, 1.807) is 11.0 Å². The van der Waals surface area contributed by atoms with Crippen LogP contribution in [0.4, 0.5) is 11.4 Å². The Kier molecular flexibility index (Phi) is 6.09. The minimum atomic E-state index is -0.514. The van der Waals surface area contributed by atoms with Crippen molar-refractivity contribution in [2.45, 2.75) is 32.7 Å². The number of hydrogen-bond donors (Lipinski definition) is 2. The van der Waals surface area contributed by atoms with E-state index in [1.807, 2.05) is 13.0 Å². The molecule has 4 heterocycles. The Morgan fingerprint density at radius 1 is 1.43 bits per heavy atom. The number of thiophene rings is 1. The molecule has 3 aromatic rings. The third-order valence-electron chi connectivity index (χ3n) is 5.29. The van der Waals surface area contributed by atoms with Gasteiger partial charge in [-0.1, -0.05) is 0 Å². The van der Waals surface area contributed by atoms with Gasteiger partial charge in [-0.2, -0.15) is 4.80 Å². The zero-order valence-electron chi connectivity index (χ0n) is 17.0. The van der Waals surface area contributed by atoms with Gasteiger partial charge < -0.3 is 21.1 Å². The van der Waals surface area contributed by atoms with Gasteiger partial charge in [0.25, 0.3) is 5.91 Å². The number of carbonyl (C=O) groups is 1. The lowest BCUT2D eigenvalue weighted by atomic mass is 9.98. The van der Waals surface area contributed by atoms with Crippen LogP contribution in [0.3, 0.4) is 0 Å². The molecule has 0 aromatic carbocycles. The fourth-order valence-electron chi connectivity index (χ4n) is 3.82. The van der Waals surface area contributed by atoms with Gasteiger partial charge in [-0.05, 0) is 37.0 Å². The normalized spacial score (nSPS) is 17.0. The van der Waals surface area contributed by atoms with E-state index in [1.165, 1.54) is 11.3 Å². The zero-order valence-corrected chi connectivity index (χ0v) is 17.8. The molecule has 0 radical (unpaired) electrons. The smallest absolute Gasteiger partial charge is 0.260 e. The van der Waals surface area contributed by atoms with Crippen LogP contribution < -0.4 is 16.4 Å². The van der Waals surface area contributed by atoms with E-state index >= 15 is 0 Å². The predicted octanol–water partition coefficient (Wildman–Crippen LogP) is 1.46. The minimum absolute atomic E-state index is 0.371. The quantitative estimate of drug-likeness (QED) is 0.512. The monoisotopic (exact) mass is 430 g/mol. The van der Waals surface area contributed by atoms with E-state index < -0.39 is 5.91 Å². The van der Waals surface area contributed by atoms with E-state index in [2.05, 4.69) is 25.3 Å². The molecule has 160 valence electrons. The van der Waals surface area contributed by atoms with Gasteiger partial charge in [0.1, 0.15) is 9.71 Å². The number of aryl methyl sites for hydroxylation is 1. The van der Waals surface area contributed by atoms with Gasteiger partial charge in [0.2, 0.25) is 0 Å². The number of piperidine rings is 1. The minimum Gasteiger partial charge on any atom is -0.397 e. The average molecular weight is 431 g/mol. The second kappa shape index (κ2) is 8.92. The van der Waals surface area contributed by atoms with Crippen LogP contribution in [0.1, 0.15) is 35.3 Å². The highest BCUT2D eigenvalue weighted by atomic mass is 32.1. The number of aromatic nitrogens is 5. The van der Waals surface area contributed by atoms with E-state index in [4.69, 9.17) is 16.2 Å². The fraction of sp³-hybridized carbons (Fsp3) is 0.526. The molecule has 4 rings (SSSR count). The molecule has 1 aliphatic rings. The summed E-state index contributed by atoms with van der Waals surface area (Å²) in [5.41, 5.74) is 13.1. The van der Waals surface area contributed by atoms with Crippen molar-refractivity contribution in [1.29, 1.82) is 0 Å². The molecule has 3 aromatic heterocycles. The SMILES string of the molecule is CCn1nnc(CCOC[C@H]2CCCN(c3ccnc4sc(C(N)=O)c(N)c34)C2)n1. The lowest BCUT2D eigenvalue weighted by molar-refractivity contribution is 0.0949. The lowest BCUT2D eigenvalue weighted by Gasteiger charge is -2.34. The topological polar surface area (TPSA) is 138 Å². The van der Waals surface area contributed by atoms with Crippen molar-refractivity contribution in [1.82, 2.24) is 25.2 Å². The van der Waals surface area contributed by atoms with Gasteiger partial charge in [0, 0.05) is 25.7 Å². The van der Waals surface area contributed by atoms with Crippen LogP contribution in [0.25, 0.3) is 10.2 Å². The summed E-state index contributed by atoms with van der Waals surface area (Å²) in [6.07, 6.45) is 4.59. The van der Waals surface area contributed by atoms with Crippen molar-refractivity contribution < 1.29 is 9.53 Å². The molecule has 0 bridgehead atoms. The lowest BCUT2D eigenvalue weighted by Crippen LogP contribution is -2.37. The Bertz CT molecular complexity index is 1030. The number of nitrogen functional groups attached to an aromatic ring is 1. The molecule has 1 saturated heterocycles. The van der Waals surface area contributed by atoms with Crippen LogP contribution in [-0.2, 0) is 17.7 Å². The maximum atomic E-state index is 11.7. The van der Waals surface area contributed by atoms with Crippen LogP contribution in [-0.4, -0.2) is 57.4 Å². The number of amides is 1. The maximum Gasteiger partial charge on any atom is 0.260 e. The Hall–Kier alpha value is -2.79. The van der Waals surface area contributed by atoms with E-state index in [0.29, 0.717) is 48.5 Å². The molecule has 1 atom stereocenters. The molecule has 1 amide bonds. The second-order valence-electron chi connectivity index (χ2n) is 7.39. The standard InChI is InChI=1S/C19H26N8O2S/c1-2-27-24-14(23-25-27)6-9-29-11-12-4-3-8-26(10-12)13-5-7-22-19-15(13)16(20)17(30-19)18(21)28/h5,7,12H,2-4,6,8-11,20H2,1H3,(H2,21,28)/t12-/m0/s1. The molecular formula is C19H26N8O2S. The Morgan fingerprint density at radius 2 is 2.30 bits per heavy atom. The summed E-state index contributed by atoms with van der Waals surface area (Å²) in [5, 5.41) is 13.1. The molecule has 1 aliphatic heterocycles. The van der Waals surface area contributed by atoms with E-state index in [0.717, 1.165) is 41.8 Å². The summed E-state index contributed by atoms with van der Waals surface area (Å²) in [4.78, 5) is 21.1. The first-order valence-electron chi connectivity index (χ1n) is 10.1. The summed E-state index contributed by atoms with van der Waals surface area (Å²) in [5.74, 6) is 0.607. The van der Waals surface area contributed by atoms with Crippen LogP contribution in [0.2, 0.25) is 0 Å². The van der Waals surface area contributed by atoms with Gasteiger partial charge in [-0.3, -0.25) is 4.79 Å². The molecule has 30 heavy (non-hydrogen) atoms. The fourth-order valence-corrected chi connectivity index (χ4v) is 4.76. The van der Waals surface area contributed by atoms with E-state index in [9.17, 15) is 4.79 Å². The first-order chi connectivity index (χ1) is 14.6. The van der Waals surface area contributed by atoms with Crippen molar-refractivity contribution in [2.75, 3.05) is 36.9 Å². The van der Waals surface area contributed by atoms with E-state index in [-0.39, 0.29) is 0 Å². The summed E-state index contributed by atoms with van der Waals surface area (Å²) >= 11 is 1.25. The third kappa shape index (κ3) is 4.21. The maximum absolute atomic E-state index is 11.7. The molecule has 11 heteroatoms. The first kappa shape index (κ1) is 20.5. The zero-order chi connectivity index (χ0) is 21.1. The van der Waals surface area contributed by atoms with Gasteiger partial charge in [-0.25, -0.2) is 4.98 Å². The van der Waals surface area contributed by atoms with Crippen LogP contribution in [0, 0.1) is 5.92 Å². The second-order valence-corrected chi connectivity index (χ2v) is 8.39. The number of hydrogen-bond acceptors (Lipinski definition) is 9.